The van der Waals surface area contributed by atoms with Crippen LogP contribution in [-0.4, -0.2) is 5.16 Å². The standard InChI is InChI=1S/C20H21OP/c1-20(2,3)22(21,17-12-5-4-6-13-17)19-15-9-11-16-10-7-8-14-18(16)19/h4-15H,1-3H3. The fraction of sp³-hybridized carbons (Fsp3) is 0.200. The van der Waals surface area contributed by atoms with Crippen LogP contribution in [0.5, 0.6) is 0 Å². The Kier molecular flexibility index (Phi) is 3.70. The fourth-order valence-electron chi connectivity index (χ4n) is 3.01. The molecule has 2 heteroatoms. The first-order valence-electron chi connectivity index (χ1n) is 7.59. The Hall–Kier alpha value is -1.85. The molecule has 1 unspecified atom stereocenters. The van der Waals surface area contributed by atoms with Crippen LogP contribution in [0.3, 0.4) is 0 Å². The van der Waals surface area contributed by atoms with E-state index in [0.29, 0.717) is 0 Å². The van der Waals surface area contributed by atoms with Gasteiger partial charge in [-0.05, 0) is 10.8 Å². The minimum atomic E-state index is -2.75. The zero-order chi connectivity index (χ0) is 15.8. The van der Waals surface area contributed by atoms with Gasteiger partial charge in [0, 0.05) is 15.8 Å². The molecule has 22 heavy (non-hydrogen) atoms. The van der Waals surface area contributed by atoms with E-state index in [1.807, 2.05) is 54.6 Å². The van der Waals surface area contributed by atoms with Gasteiger partial charge >= 0.3 is 0 Å². The van der Waals surface area contributed by atoms with E-state index in [1.165, 1.54) is 0 Å². The van der Waals surface area contributed by atoms with Gasteiger partial charge in [0.05, 0.1) is 0 Å². The van der Waals surface area contributed by atoms with Gasteiger partial charge in [0.15, 0.2) is 0 Å². The summed E-state index contributed by atoms with van der Waals surface area (Å²) in [6.07, 6.45) is 0. The molecule has 0 saturated heterocycles. The Morgan fingerprint density at radius 2 is 1.32 bits per heavy atom. The molecular formula is C20H21OP. The molecule has 0 aliphatic heterocycles. The van der Waals surface area contributed by atoms with E-state index in [9.17, 15) is 4.57 Å². The normalized spacial score (nSPS) is 14.7. The molecule has 0 fully saturated rings. The number of benzene rings is 3. The van der Waals surface area contributed by atoms with Crippen molar-refractivity contribution >= 4 is 28.5 Å². The Labute approximate surface area is 132 Å². The third kappa shape index (κ3) is 2.30. The minimum absolute atomic E-state index is 0.335. The van der Waals surface area contributed by atoms with Crippen LogP contribution in [0, 0.1) is 0 Å². The molecule has 112 valence electrons. The van der Waals surface area contributed by atoms with Crippen LogP contribution in [0.4, 0.5) is 0 Å². The third-order valence-corrected chi connectivity index (χ3v) is 8.15. The smallest absolute Gasteiger partial charge is 0.148 e. The van der Waals surface area contributed by atoms with Crippen molar-refractivity contribution in [3.63, 3.8) is 0 Å². The molecule has 0 radical (unpaired) electrons. The summed E-state index contributed by atoms with van der Waals surface area (Å²) in [7, 11) is -2.75. The molecule has 0 aromatic heterocycles. The number of rotatable bonds is 2. The number of fused-ring (bicyclic) bond motifs is 1. The molecule has 3 aromatic rings. The number of hydrogen-bond donors (Lipinski definition) is 0. The van der Waals surface area contributed by atoms with E-state index >= 15 is 0 Å². The maximum atomic E-state index is 14.3. The molecular weight excluding hydrogens is 287 g/mol. The van der Waals surface area contributed by atoms with Crippen molar-refractivity contribution < 1.29 is 4.57 Å². The fourth-order valence-corrected chi connectivity index (χ4v) is 6.21. The highest BCUT2D eigenvalue weighted by Gasteiger charge is 2.40. The molecule has 0 spiro atoms. The average molecular weight is 308 g/mol. The first-order chi connectivity index (χ1) is 10.4. The van der Waals surface area contributed by atoms with Gasteiger partial charge in [-0.2, -0.15) is 0 Å². The number of hydrogen-bond acceptors (Lipinski definition) is 1. The first-order valence-corrected chi connectivity index (χ1v) is 9.29. The van der Waals surface area contributed by atoms with Gasteiger partial charge in [0.25, 0.3) is 0 Å². The summed E-state index contributed by atoms with van der Waals surface area (Å²) in [5.41, 5.74) is 0. The monoisotopic (exact) mass is 308 g/mol. The second-order valence-corrected chi connectivity index (χ2v) is 10.2. The van der Waals surface area contributed by atoms with Crippen LogP contribution in [-0.2, 0) is 4.57 Å². The van der Waals surface area contributed by atoms with E-state index in [2.05, 4.69) is 39.0 Å². The molecule has 1 nitrogen and oxygen atoms in total. The molecule has 0 heterocycles. The van der Waals surface area contributed by atoms with E-state index in [4.69, 9.17) is 0 Å². The van der Waals surface area contributed by atoms with Crippen molar-refractivity contribution in [2.45, 2.75) is 25.9 Å². The van der Waals surface area contributed by atoms with Gasteiger partial charge in [0.1, 0.15) is 7.14 Å². The Balaban J connectivity index is 2.39. The highest BCUT2D eigenvalue weighted by atomic mass is 31.2. The van der Waals surface area contributed by atoms with Crippen LogP contribution in [0.2, 0.25) is 0 Å². The summed E-state index contributed by atoms with van der Waals surface area (Å²) in [6, 6.07) is 24.2. The minimum Gasteiger partial charge on any atom is -0.313 e. The molecule has 1 atom stereocenters. The van der Waals surface area contributed by atoms with Crippen LogP contribution in [0.25, 0.3) is 10.8 Å². The van der Waals surface area contributed by atoms with Crippen molar-refractivity contribution in [1.29, 1.82) is 0 Å². The van der Waals surface area contributed by atoms with Crippen LogP contribution >= 0.6 is 7.14 Å². The Morgan fingerprint density at radius 1 is 0.727 bits per heavy atom. The van der Waals surface area contributed by atoms with Crippen molar-refractivity contribution in [3.8, 4) is 0 Å². The molecule has 0 aliphatic rings. The quantitative estimate of drug-likeness (QED) is 0.612. The van der Waals surface area contributed by atoms with E-state index in [-0.39, 0.29) is 5.16 Å². The van der Waals surface area contributed by atoms with Crippen LogP contribution < -0.4 is 10.6 Å². The third-order valence-electron chi connectivity index (χ3n) is 4.17. The Bertz CT molecular complexity index is 839. The van der Waals surface area contributed by atoms with Gasteiger partial charge in [-0.25, -0.2) is 0 Å². The first kappa shape index (κ1) is 15.1. The maximum absolute atomic E-state index is 14.3. The summed E-state index contributed by atoms with van der Waals surface area (Å²) < 4.78 is 14.3. The predicted octanol–water partition coefficient (Wildman–Crippen LogP) is 4.95. The van der Waals surface area contributed by atoms with Crippen LogP contribution in [0.15, 0.2) is 72.8 Å². The van der Waals surface area contributed by atoms with E-state index in [1.54, 1.807) is 0 Å². The van der Waals surface area contributed by atoms with E-state index in [0.717, 1.165) is 21.4 Å². The molecule has 0 N–H and O–H groups in total. The SMILES string of the molecule is CC(C)(C)P(=O)(c1ccccc1)c1cccc2ccccc12. The summed E-state index contributed by atoms with van der Waals surface area (Å²) in [6.45, 7) is 6.22. The molecule has 0 aliphatic carbocycles. The lowest BCUT2D eigenvalue weighted by molar-refractivity contribution is 0.564. The van der Waals surface area contributed by atoms with Crippen molar-refractivity contribution in [2.75, 3.05) is 0 Å². The van der Waals surface area contributed by atoms with Gasteiger partial charge in [-0.1, -0.05) is 93.6 Å². The Morgan fingerprint density at radius 3 is 2.00 bits per heavy atom. The van der Waals surface area contributed by atoms with Crippen molar-refractivity contribution in [2.24, 2.45) is 0 Å². The average Bonchev–Trinajstić information content (AvgIpc) is 2.53. The van der Waals surface area contributed by atoms with Gasteiger partial charge < -0.3 is 4.57 Å². The summed E-state index contributed by atoms with van der Waals surface area (Å²) in [4.78, 5) is 0. The highest BCUT2D eigenvalue weighted by molar-refractivity contribution is 7.80. The van der Waals surface area contributed by atoms with Crippen molar-refractivity contribution in [1.82, 2.24) is 0 Å². The second-order valence-electron chi connectivity index (χ2n) is 6.61. The second kappa shape index (κ2) is 5.41. The molecule has 3 aromatic carbocycles. The van der Waals surface area contributed by atoms with Gasteiger partial charge in [-0.3, -0.25) is 0 Å². The summed E-state index contributed by atoms with van der Waals surface area (Å²) in [5, 5.41) is 3.79. The van der Waals surface area contributed by atoms with Crippen molar-refractivity contribution in [3.05, 3.63) is 72.8 Å². The predicted molar refractivity (Wildman–Crippen MR) is 97.0 cm³/mol. The topological polar surface area (TPSA) is 17.1 Å². The molecule has 0 bridgehead atoms. The largest absolute Gasteiger partial charge is 0.313 e. The van der Waals surface area contributed by atoms with Crippen LogP contribution in [0.1, 0.15) is 20.8 Å². The zero-order valence-corrected chi connectivity index (χ0v) is 14.2. The lowest BCUT2D eigenvalue weighted by Crippen LogP contribution is -2.30. The highest BCUT2D eigenvalue weighted by Crippen LogP contribution is 2.56. The summed E-state index contributed by atoms with van der Waals surface area (Å²) in [5.74, 6) is 0. The molecule has 3 rings (SSSR count). The van der Waals surface area contributed by atoms with E-state index < -0.39 is 7.14 Å². The maximum Gasteiger partial charge on any atom is 0.148 e. The molecule has 0 saturated carbocycles. The molecule has 0 amide bonds. The zero-order valence-electron chi connectivity index (χ0n) is 13.3. The lowest BCUT2D eigenvalue weighted by atomic mass is 10.1. The summed E-state index contributed by atoms with van der Waals surface area (Å²) >= 11 is 0. The lowest BCUT2D eigenvalue weighted by Gasteiger charge is -2.33. The van der Waals surface area contributed by atoms with Gasteiger partial charge in [0.2, 0.25) is 0 Å². The van der Waals surface area contributed by atoms with Gasteiger partial charge in [-0.15, -0.1) is 0 Å².